The second-order valence-electron chi connectivity index (χ2n) is 8.66. The normalized spacial score (nSPS) is 24.9. The molecule has 2 aliphatic rings. The van der Waals surface area contributed by atoms with Gasteiger partial charge in [-0.1, -0.05) is 0 Å². The van der Waals surface area contributed by atoms with Crippen molar-refractivity contribution in [2.45, 2.75) is 78.2 Å². The fourth-order valence-corrected chi connectivity index (χ4v) is 3.50. The van der Waals surface area contributed by atoms with Gasteiger partial charge in [0.25, 0.3) is 0 Å². The van der Waals surface area contributed by atoms with Crippen LogP contribution in [-0.4, -0.2) is 52.1 Å². The molecule has 2 saturated heterocycles. The molecule has 3 heterocycles. The summed E-state index contributed by atoms with van der Waals surface area (Å²) in [5.74, 6) is 0.714. The van der Waals surface area contributed by atoms with Crippen molar-refractivity contribution in [3.05, 3.63) is 12.4 Å². The molecular formula is C18H32BN3O2. The van der Waals surface area contributed by atoms with Gasteiger partial charge in [-0.2, -0.15) is 5.10 Å². The van der Waals surface area contributed by atoms with Crippen LogP contribution in [0.15, 0.2) is 12.4 Å². The van der Waals surface area contributed by atoms with Crippen molar-refractivity contribution >= 4 is 12.6 Å². The van der Waals surface area contributed by atoms with Crippen molar-refractivity contribution in [2.24, 2.45) is 5.92 Å². The van der Waals surface area contributed by atoms with Gasteiger partial charge in [0.2, 0.25) is 0 Å². The van der Waals surface area contributed by atoms with Gasteiger partial charge in [-0.05, 0) is 73.4 Å². The third kappa shape index (κ3) is 3.56. The molecule has 0 aliphatic carbocycles. The minimum absolute atomic E-state index is 0.302. The molecule has 1 aromatic heterocycles. The molecule has 1 aromatic rings. The van der Waals surface area contributed by atoms with Crippen molar-refractivity contribution < 1.29 is 9.31 Å². The van der Waals surface area contributed by atoms with E-state index in [0.29, 0.717) is 12.0 Å². The molecule has 0 spiro atoms. The van der Waals surface area contributed by atoms with Crippen LogP contribution in [0.1, 0.15) is 54.4 Å². The smallest absolute Gasteiger partial charge is 0.399 e. The molecule has 0 aromatic carbocycles. The monoisotopic (exact) mass is 333 g/mol. The second-order valence-corrected chi connectivity index (χ2v) is 8.66. The van der Waals surface area contributed by atoms with Crippen LogP contribution in [0.3, 0.4) is 0 Å². The highest BCUT2D eigenvalue weighted by Gasteiger charge is 2.52. The molecule has 2 aliphatic heterocycles. The second kappa shape index (κ2) is 6.47. The third-order valence-electron chi connectivity index (χ3n) is 6.00. The minimum atomic E-state index is -0.313. The predicted octanol–water partition coefficient (Wildman–Crippen LogP) is 2.30. The Morgan fingerprint density at radius 2 is 1.75 bits per heavy atom. The molecule has 0 amide bonds. The summed E-state index contributed by atoms with van der Waals surface area (Å²) in [6.45, 7) is 16.3. The Kier molecular flexibility index (Phi) is 4.84. The van der Waals surface area contributed by atoms with Crippen molar-refractivity contribution in [2.75, 3.05) is 13.1 Å². The summed E-state index contributed by atoms with van der Waals surface area (Å²) in [5, 5.41) is 4.55. The molecule has 0 N–H and O–H groups in total. The maximum Gasteiger partial charge on any atom is 0.498 e. The molecule has 0 unspecified atom stereocenters. The Hall–Kier alpha value is -0.845. The summed E-state index contributed by atoms with van der Waals surface area (Å²) in [5.41, 5.74) is 0.417. The van der Waals surface area contributed by atoms with Gasteiger partial charge in [0.15, 0.2) is 0 Å². The van der Waals surface area contributed by atoms with E-state index in [1.807, 2.05) is 6.20 Å². The standard InChI is InChI=1S/C18H32BN3O2/c1-14(2)21-9-7-15(8-10-21)12-22-13-16(11-20-22)19-23-17(3,4)18(5,6)24-19/h11,13-15H,7-10,12H2,1-6H3. The molecule has 6 heteroatoms. The van der Waals surface area contributed by atoms with E-state index in [1.165, 1.54) is 25.9 Å². The number of likely N-dealkylation sites (tertiary alicyclic amines) is 1. The van der Waals surface area contributed by atoms with E-state index in [1.54, 1.807) is 0 Å². The first-order valence-electron chi connectivity index (χ1n) is 9.30. The average molecular weight is 333 g/mol. The predicted molar refractivity (Wildman–Crippen MR) is 97.4 cm³/mol. The Morgan fingerprint density at radius 3 is 2.29 bits per heavy atom. The maximum atomic E-state index is 6.11. The van der Waals surface area contributed by atoms with Crippen LogP contribution in [0.25, 0.3) is 0 Å². The van der Waals surface area contributed by atoms with E-state index in [0.717, 1.165) is 12.0 Å². The summed E-state index contributed by atoms with van der Waals surface area (Å²) in [4.78, 5) is 2.56. The number of hydrogen-bond donors (Lipinski definition) is 0. The lowest BCUT2D eigenvalue weighted by Crippen LogP contribution is -2.41. The quantitative estimate of drug-likeness (QED) is 0.793. The van der Waals surface area contributed by atoms with Crippen LogP contribution in [0.5, 0.6) is 0 Å². The summed E-state index contributed by atoms with van der Waals surface area (Å²) in [6.07, 6.45) is 6.50. The van der Waals surface area contributed by atoms with Gasteiger partial charge >= 0.3 is 7.12 Å². The average Bonchev–Trinajstić information content (AvgIpc) is 3.02. The molecule has 3 rings (SSSR count). The number of hydrogen-bond acceptors (Lipinski definition) is 4. The number of nitrogens with zero attached hydrogens (tertiary/aromatic N) is 3. The van der Waals surface area contributed by atoms with Gasteiger partial charge in [-0.15, -0.1) is 0 Å². The number of rotatable bonds is 4. The number of aromatic nitrogens is 2. The minimum Gasteiger partial charge on any atom is -0.399 e. The maximum absolute atomic E-state index is 6.11. The van der Waals surface area contributed by atoms with E-state index in [4.69, 9.17) is 9.31 Å². The van der Waals surface area contributed by atoms with Crippen LogP contribution in [0, 0.1) is 5.92 Å². The van der Waals surface area contributed by atoms with Crippen molar-refractivity contribution in [1.82, 2.24) is 14.7 Å². The van der Waals surface area contributed by atoms with E-state index >= 15 is 0 Å². The van der Waals surface area contributed by atoms with E-state index < -0.39 is 0 Å². The molecule has 134 valence electrons. The summed E-state index contributed by atoms with van der Waals surface area (Å²) in [7, 11) is -0.313. The molecule has 0 radical (unpaired) electrons. The molecule has 2 fully saturated rings. The largest absolute Gasteiger partial charge is 0.498 e. The Bertz CT molecular complexity index is 546. The lowest BCUT2D eigenvalue weighted by atomic mass is 9.82. The van der Waals surface area contributed by atoms with Crippen molar-refractivity contribution in [3.8, 4) is 0 Å². The highest BCUT2D eigenvalue weighted by Crippen LogP contribution is 2.36. The first kappa shape index (κ1) is 18.0. The van der Waals surface area contributed by atoms with Gasteiger partial charge in [0, 0.05) is 30.4 Å². The zero-order valence-electron chi connectivity index (χ0n) is 16.1. The molecule has 5 nitrogen and oxygen atoms in total. The Labute approximate surface area is 146 Å². The van der Waals surface area contributed by atoms with Crippen LogP contribution in [0.2, 0.25) is 0 Å². The third-order valence-corrected chi connectivity index (χ3v) is 6.00. The topological polar surface area (TPSA) is 39.5 Å². The molecular weight excluding hydrogens is 301 g/mol. The Morgan fingerprint density at radius 1 is 1.17 bits per heavy atom. The highest BCUT2D eigenvalue weighted by atomic mass is 16.7. The Balaban J connectivity index is 1.57. The molecule has 0 saturated carbocycles. The van der Waals surface area contributed by atoms with Gasteiger partial charge in [0.1, 0.15) is 0 Å². The van der Waals surface area contributed by atoms with Crippen LogP contribution in [-0.2, 0) is 15.9 Å². The van der Waals surface area contributed by atoms with Crippen molar-refractivity contribution in [1.29, 1.82) is 0 Å². The fraction of sp³-hybridized carbons (Fsp3) is 0.833. The van der Waals surface area contributed by atoms with Crippen molar-refractivity contribution in [3.63, 3.8) is 0 Å². The summed E-state index contributed by atoms with van der Waals surface area (Å²) >= 11 is 0. The number of piperidine rings is 1. The van der Waals surface area contributed by atoms with Gasteiger partial charge in [-0.25, -0.2) is 0 Å². The van der Waals surface area contributed by atoms with E-state index in [2.05, 4.69) is 62.4 Å². The van der Waals surface area contributed by atoms with Gasteiger partial charge in [0.05, 0.1) is 11.2 Å². The summed E-state index contributed by atoms with van der Waals surface area (Å²) in [6, 6.07) is 0.658. The molecule has 24 heavy (non-hydrogen) atoms. The lowest BCUT2D eigenvalue weighted by Gasteiger charge is -2.34. The zero-order valence-corrected chi connectivity index (χ0v) is 16.1. The van der Waals surface area contributed by atoms with E-state index in [9.17, 15) is 0 Å². The SMILES string of the molecule is CC(C)N1CCC(Cn2cc(B3OC(C)(C)C(C)(C)O3)cn2)CC1. The first-order chi connectivity index (χ1) is 11.2. The highest BCUT2D eigenvalue weighted by molar-refractivity contribution is 6.61. The van der Waals surface area contributed by atoms with E-state index in [-0.39, 0.29) is 18.3 Å². The van der Waals surface area contributed by atoms with Gasteiger partial charge < -0.3 is 14.2 Å². The van der Waals surface area contributed by atoms with Crippen LogP contribution < -0.4 is 5.46 Å². The summed E-state index contributed by atoms with van der Waals surface area (Å²) < 4.78 is 14.3. The molecule has 0 atom stereocenters. The van der Waals surface area contributed by atoms with Crippen LogP contribution in [0.4, 0.5) is 0 Å². The van der Waals surface area contributed by atoms with Crippen LogP contribution >= 0.6 is 0 Å². The molecule has 0 bridgehead atoms. The fourth-order valence-electron chi connectivity index (χ4n) is 3.50. The zero-order chi connectivity index (χ0) is 17.5. The lowest BCUT2D eigenvalue weighted by molar-refractivity contribution is 0.00578. The van der Waals surface area contributed by atoms with Gasteiger partial charge in [-0.3, -0.25) is 4.68 Å². The first-order valence-corrected chi connectivity index (χ1v) is 9.30.